The SMILES string of the molecule is O=C1CCC(=O)[N]1[Mo]. The molecule has 1 aliphatic rings. The Labute approximate surface area is 58.2 Å². The topological polar surface area (TPSA) is 37.4 Å². The van der Waals surface area contributed by atoms with E-state index in [0.29, 0.717) is 12.8 Å². The van der Waals surface area contributed by atoms with Crippen molar-refractivity contribution in [3.05, 3.63) is 0 Å². The van der Waals surface area contributed by atoms with Crippen molar-refractivity contribution in [3.63, 3.8) is 0 Å². The van der Waals surface area contributed by atoms with Gasteiger partial charge >= 0.3 is 57.8 Å². The van der Waals surface area contributed by atoms with E-state index >= 15 is 0 Å². The Kier molecular flexibility index (Phi) is 1.47. The second-order valence-corrected chi connectivity index (χ2v) is 2.48. The number of hydrogen-bond donors (Lipinski definition) is 0. The fourth-order valence-corrected chi connectivity index (χ4v) is 1.00. The molecule has 0 N–H and O–H groups in total. The van der Waals surface area contributed by atoms with E-state index in [2.05, 4.69) is 0 Å². The first-order valence-electron chi connectivity index (χ1n) is 2.25. The molecular weight excluding hydrogens is 190 g/mol. The molecule has 0 radical (unpaired) electrons. The predicted octanol–water partition coefficient (Wildman–Crippen LogP) is -0.403. The number of rotatable bonds is 0. The fraction of sp³-hybridized carbons (Fsp3) is 0.500. The Morgan fingerprint density at radius 1 is 1.25 bits per heavy atom. The van der Waals surface area contributed by atoms with E-state index in [1.807, 2.05) is 0 Å². The van der Waals surface area contributed by atoms with Gasteiger partial charge in [0.25, 0.3) is 0 Å². The summed E-state index contributed by atoms with van der Waals surface area (Å²) in [6, 6.07) is 0. The minimum atomic E-state index is -0.0557. The van der Waals surface area contributed by atoms with Gasteiger partial charge in [-0.3, -0.25) is 0 Å². The summed E-state index contributed by atoms with van der Waals surface area (Å²) in [6.07, 6.45) is 0.801. The maximum absolute atomic E-state index is 10.5. The van der Waals surface area contributed by atoms with Crippen LogP contribution >= 0.6 is 0 Å². The van der Waals surface area contributed by atoms with Crippen LogP contribution in [0.25, 0.3) is 0 Å². The molecule has 1 heterocycles. The third-order valence-electron chi connectivity index (χ3n) is 1.01. The maximum atomic E-state index is 10.5. The molecule has 0 aromatic carbocycles. The van der Waals surface area contributed by atoms with Crippen LogP contribution in [0.15, 0.2) is 0 Å². The van der Waals surface area contributed by atoms with Crippen molar-refractivity contribution in [2.75, 3.05) is 0 Å². The number of nitrogens with zero attached hydrogens (tertiary/aromatic N) is 1. The van der Waals surface area contributed by atoms with Crippen molar-refractivity contribution in [2.24, 2.45) is 0 Å². The van der Waals surface area contributed by atoms with Crippen LogP contribution in [0.3, 0.4) is 0 Å². The predicted molar refractivity (Wildman–Crippen MR) is 21.1 cm³/mol. The number of carbonyl (C=O) groups is 2. The number of imide groups is 1. The molecule has 0 spiro atoms. The summed E-state index contributed by atoms with van der Waals surface area (Å²) >= 11 is 1.44. The van der Waals surface area contributed by atoms with E-state index in [1.54, 1.807) is 0 Å². The first kappa shape index (κ1) is 5.96. The summed E-state index contributed by atoms with van der Waals surface area (Å²) in [5, 5.41) is 0. The zero-order chi connectivity index (χ0) is 6.15. The van der Waals surface area contributed by atoms with Crippen molar-refractivity contribution >= 4 is 11.8 Å². The molecule has 0 saturated carbocycles. The van der Waals surface area contributed by atoms with Crippen LogP contribution in [0.4, 0.5) is 0 Å². The Hall–Kier alpha value is -0.172. The molecule has 0 aromatic rings. The molecule has 0 bridgehead atoms. The number of amides is 2. The van der Waals surface area contributed by atoms with Gasteiger partial charge in [-0.2, -0.15) is 0 Å². The summed E-state index contributed by atoms with van der Waals surface area (Å²) in [4.78, 5) is 21.0. The van der Waals surface area contributed by atoms with Gasteiger partial charge in [0.1, 0.15) is 0 Å². The zero-order valence-electron chi connectivity index (χ0n) is 4.09. The van der Waals surface area contributed by atoms with Crippen LogP contribution in [0.2, 0.25) is 0 Å². The van der Waals surface area contributed by atoms with Crippen LogP contribution < -0.4 is 0 Å². The molecular formula is C4H4MoNO2. The second-order valence-electron chi connectivity index (χ2n) is 1.58. The summed E-state index contributed by atoms with van der Waals surface area (Å²) in [6.45, 7) is 0. The van der Waals surface area contributed by atoms with Gasteiger partial charge in [0.05, 0.1) is 0 Å². The molecule has 4 heteroatoms. The van der Waals surface area contributed by atoms with Crippen molar-refractivity contribution in [3.8, 4) is 0 Å². The Bertz CT molecular complexity index is 129. The van der Waals surface area contributed by atoms with Crippen molar-refractivity contribution in [2.45, 2.75) is 12.8 Å². The Morgan fingerprint density at radius 2 is 1.62 bits per heavy atom. The molecule has 0 aliphatic carbocycles. The normalized spacial score (nSPS) is 20.2. The molecule has 0 atom stereocenters. The second kappa shape index (κ2) is 1.98. The Balaban J connectivity index is 2.70. The van der Waals surface area contributed by atoms with Gasteiger partial charge in [0.2, 0.25) is 0 Å². The molecule has 1 rings (SSSR count). The van der Waals surface area contributed by atoms with E-state index < -0.39 is 0 Å². The quantitative estimate of drug-likeness (QED) is 0.388. The van der Waals surface area contributed by atoms with Crippen LogP contribution in [0, 0.1) is 0 Å². The number of carbonyl (C=O) groups excluding carboxylic acids is 2. The van der Waals surface area contributed by atoms with Gasteiger partial charge in [0.15, 0.2) is 0 Å². The van der Waals surface area contributed by atoms with E-state index in [9.17, 15) is 9.59 Å². The third kappa shape index (κ3) is 0.826. The van der Waals surface area contributed by atoms with Gasteiger partial charge in [-0.15, -0.1) is 0 Å². The molecule has 1 fully saturated rings. The van der Waals surface area contributed by atoms with Gasteiger partial charge in [-0.05, 0) is 0 Å². The third-order valence-corrected chi connectivity index (χ3v) is 2.01. The van der Waals surface area contributed by atoms with E-state index in [4.69, 9.17) is 0 Å². The standard InChI is InChI=1S/C4H5NO2.Mo/c6-3-1-2-4(7)5-3;/h1-2H2,(H,5,6,7);/q;+1/p-1. The van der Waals surface area contributed by atoms with Gasteiger partial charge in [-0.1, -0.05) is 0 Å². The summed E-state index contributed by atoms with van der Waals surface area (Å²) in [7, 11) is 0. The molecule has 1 saturated heterocycles. The summed E-state index contributed by atoms with van der Waals surface area (Å²) in [5.41, 5.74) is 0. The van der Waals surface area contributed by atoms with Gasteiger partial charge < -0.3 is 0 Å². The van der Waals surface area contributed by atoms with Crippen molar-refractivity contribution in [1.82, 2.24) is 3.46 Å². The first-order chi connectivity index (χ1) is 3.72. The van der Waals surface area contributed by atoms with Crippen molar-refractivity contribution < 1.29 is 29.7 Å². The molecule has 3 nitrogen and oxygen atoms in total. The van der Waals surface area contributed by atoms with E-state index in [0.717, 1.165) is 0 Å². The van der Waals surface area contributed by atoms with Crippen LogP contribution in [0.1, 0.15) is 12.8 Å². The van der Waals surface area contributed by atoms with Crippen molar-refractivity contribution in [1.29, 1.82) is 0 Å². The zero-order valence-corrected chi connectivity index (χ0v) is 6.09. The molecule has 0 unspecified atom stereocenters. The Morgan fingerprint density at radius 3 is 1.75 bits per heavy atom. The van der Waals surface area contributed by atoms with Crippen LogP contribution in [-0.4, -0.2) is 15.3 Å². The fourth-order valence-electron chi connectivity index (χ4n) is 0.556. The van der Waals surface area contributed by atoms with Gasteiger partial charge in [-0.25, -0.2) is 0 Å². The molecule has 1 aliphatic heterocycles. The van der Waals surface area contributed by atoms with Crippen LogP contribution in [-0.2, 0) is 29.7 Å². The monoisotopic (exact) mass is 196 g/mol. The van der Waals surface area contributed by atoms with E-state index in [1.165, 1.54) is 23.5 Å². The van der Waals surface area contributed by atoms with Gasteiger partial charge in [0, 0.05) is 0 Å². The summed E-state index contributed by atoms with van der Waals surface area (Å²) in [5.74, 6) is -0.111. The molecule has 0 aromatic heterocycles. The van der Waals surface area contributed by atoms with Crippen LogP contribution in [0.5, 0.6) is 0 Å². The van der Waals surface area contributed by atoms with E-state index in [-0.39, 0.29) is 11.8 Å². The summed E-state index contributed by atoms with van der Waals surface area (Å²) < 4.78 is 1.18. The molecule has 43 valence electrons. The number of hydrogen-bond acceptors (Lipinski definition) is 2. The molecule has 2 amide bonds. The average Bonchev–Trinajstić information content (AvgIpc) is 1.98. The average molecular weight is 194 g/mol. The first-order valence-corrected chi connectivity index (χ1v) is 3.14. The molecule has 8 heavy (non-hydrogen) atoms. The minimum absolute atomic E-state index is 0.0557.